The Hall–Kier alpha value is -3.41. The summed E-state index contributed by atoms with van der Waals surface area (Å²) >= 11 is 0. The van der Waals surface area contributed by atoms with Crippen molar-refractivity contribution >= 4 is 17.9 Å². The summed E-state index contributed by atoms with van der Waals surface area (Å²) in [6.07, 6.45) is 93.4. The van der Waals surface area contributed by atoms with E-state index >= 15 is 0 Å². The lowest BCUT2D eigenvalue weighted by Gasteiger charge is -2.18. The second-order valence-corrected chi connectivity index (χ2v) is 23.8. The van der Waals surface area contributed by atoms with Gasteiger partial charge in [-0.15, -0.1) is 0 Å². The van der Waals surface area contributed by atoms with E-state index in [1.54, 1.807) is 0 Å². The number of allylic oxidation sites excluding steroid dienone is 14. The molecule has 0 aromatic rings. The molecule has 0 aliphatic carbocycles. The van der Waals surface area contributed by atoms with Crippen LogP contribution in [-0.2, 0) is 28.6 Å². The molecule has 0 radical (unpaired) electrons. The first-order chi connectivity index (χ1) is 40.5. The van der Waals surface area contributed by atoms with Crippen molar-refractivity contribution in [1.82, 2.24) is 0 Å². The lowest BCUT2D eigenvalue weighted by Crippen LogP contribution is -2.30. The van der Waals surface area contributed by atoms with E-state index in [0.29, 0.717) is 19.3 Å². The molecule has 1 atom stereocenters. The smallest absolute Gasteiger partial charge is 0.306 e. The van der Waals surface area contributed by atoms with Crippen molar-refractivity contribution in [2.45, 2.75) is 367 Å². The van der Waals surface area contributed by atoms with Crippen LogP contribution in [0.2, 0.25) is 0 Å². The Kier molecular flexibility index (Phi) is 67.2. The van der Waals surface area contributed by atoms with E-state index in [4.69, 9.17) is 14.2 Å². The van der Waals surface area contributed by atoms with E-state index in [0.717, 1.165) is 103 Å². The number of hydrogen-bond donors (Lipinski definition) is 0. The highest BCUT2D eigenvalue weighted by molar-refractivity contribution is 5.71. The zero-order valence-corrected chi connectivity index (χ0v) is 54.5. The van der Waals surface area contributed by atoms with Gasteiger partial charge in [0.15, 0.2) is 6.10 Å². The van der Waals surface area contributed by atoms with Crippen LogP contribution in [-0.4, -0.2) is 37.2 Å². The number of hydrogen-bond acceptors (Lipinski definition) is 6. The highest BCUT2D eigenvalue weighted by Crippen LogP contribution is 2.18. The number of rotatable bonds is 65. The number of esters is 3. The molecule has 0 saturated carbocycles. The molecule has 6 nitrogen and oxygen atoms in total. The summed E-state index contributed by atoms with van der Waals surface area (Å²) < 4.78 is 16.9. The molecular weight excluding hydrogens is 1010 g/mol. The molecule has 0 saturated heterocycles. The topological polar surface area (TPSA) is 78.9 Å². The molecule has 0 aromatic heterocycles. The Labute approximate surface area is 509 Å². The minimum atomic E-state index is -0.780. The van der Waals surface area contributed by atoms with Crippen LogP contribution in [0.1, 0.15) is 361 Å². The first kappa shape index (κ1) is 78.6. The van der Waals surface area contributed by atoms with Gasteiger partial charge in [0, 0.05) is 19.3 Å². The number of carbonyl (C=O) groups excluding carboxylic acids is 3. The van der Waals surface area contributed by atoms with Crippen LogP contribution in [0.5, 0.6) is 0 Å². The third kappa shape index (κ3) is 67.4. The third-order valence-corrected chi connectivity index (χ3v) is 15.6. The summed E-state index contributed by atoms with van der Waals surface area (Å²) in [5, 5.41) is 0. The van der Waals surface area contributed by atoms with Crippen molar-refractivity contribution in [1.29, 1.82) is 0 Å². The van der Waals surface area contributed by atoms with E-state index in [9.17, 15) is 14.4 Å². The Morgan fingerprint density at radius 2 is 0.500 bits per heavy atom. The van der Waals surface area contributed by atoms with Crippen molar-refractivity contribution in [2.24, 2.45) is 0 Å². The van der Waals surface area contributed by atoms with Gasteiger partial charge in [-0.05, 0) is 109 Å². The fraction of sp³-hybridized carbons (Fsp3) is 0.776. The fourth-order valence-corrected chi connectivity index (χ4v) is 10.3. The Balaban J connectivity index is 4.17. The van der Waals surface area contributed by atoms with Crippen LogP contribution in [0.4, 0.5) is 0 Å². The van der Waals surface area contributed by atoms with Crippen LogP contribution < -0.4 is 0 Å². The standard InChI is InChI=1S/C76H134O6/c1-4-7-10-13-16-19-22-24-26-28-30-32-34-36-37-38-39-41-42-44-46-48-50-52-54-57-60-63-66-69-75(78)81-72-73(71-80-74(77)68-65-62-59-56-21-18-15-12-9-6-3)82-76(79)70-67-64-61-58-55-53-51-49-47-45-43-40-35-33-31-29-27-25-23-20-17-14-11-8-5-2/h7,10,12,15-16,19,24,26,29-32,36-37,73H,4-6,8-9,11,13-14,17-18,20-23,25,27-28,33-35,38-72H2,1-3H3/b10-7-,15-12-,19-16-,26-24-,31-29-,32-30-,37-36-. The first-order valence-corrected chi connectivity index (χ1v) is 35.6. The van der Waals surface area contributed by atoms with Crippen LogP contribution in [0.3, 0.4) is 0 Å². The largest absolute Gasteiger partial charge is 0.462 e. The summed E-state index contributed by atoms with van der Waals surface area (Å²) in [4.78, 5) is 38.3. The zero-order chi connectivity index (χ0) is 59.2. The molecule has 0 amide bonds. The molecule has 0 spiro atoms. The normalized spacial score (nSPS) is 12.6. The van der Waals surface area contributed by atoms with Gasteiger partial charge in [0.25, 0.3) is 0 Å². The highest BCUT2D eigenvalue weighted by atomic mass is 16.6. The second kappa shape index (κ2) is 70.1. The van der Waals surface area contributed by atoms with Gasteiger partial charge in [-0.1, -0.05) is 318 Å². The molecule has 0 fully saturated rings. The average molecular weight is 1140 g/mol. The van der Waals surface area contributed by atoms with Gasteiger partial charge in [0.1, 0.15) is 13.2 Å². The van der Waals surface area contributed by atoms with Crippen LogP contribution in [0.25, 0.3) is 0 Å². The zero-order valence-electron chi connectivity index (χ0n) is 54.5. The van der Waals surface area contributed by atoms with Crippen LogP contribution in [0, 0.1) is 0 Å². The Morgan fingerprint density at radius 3 is 0.805 bits per heavy atom. The number of carbonyl (C=O) groups is 3. The minimum absolute atomic E-state index is 0.0767. The van der Waals surface area contributed by atoms with Gasteiger partial charge in [-0.3, -0.25) is 14.4 Å². The quantitative estimate of drug-likeness (QED) is 0.0261. The van der Waals surface area contributed by atoms with E-state index in [1.807, 2.05) is 0 Å². The molecule has 0 N–H and O–H groups in total. The SMILES string of the molecule is CC/C=C\C/C=C\C/C=C\C/C=C\C/C=C\CCCCCCCCCCCCCCCC(=O)OCC(COC(=O)CCCCCCC/C=C\CCC)OC(=O)CCCCCCCCCCCCCCC/C=C\CCCCCCCCCC. The molecule has 0 aromatic carbocycles. The molecule has 6 heteroatoms. The lowest BCUT2D eigenvalue weighted by molar-refractivity contribution is -0.167. The molecule has 0 heterocycles. The summed E-state index contributed by atoms with van der Waals surface area (Å²) in [7, 11) is 0. The van der Waals surface area contributed by atoms with Crippen LogP contribution >= 0.6 is 0 Å². The predicted octanol–water partition coefficient (Wildman–Crippen LogP) is 24.6. The molecule has 0 bridgehead atoms. The molecule has 0 rings (SSSR count). The number of ether oxygens (including phenoxy) is 3. The molecule has 82 heavy (non-hydrogen) atoms. The maximum Gasteiger partial charge on any atom is 0.306 e. The summed E-state index contributed by atoms with van der Waals surface area (Å²) in [5.41, 5.74) is 0. The molecule has 1 unspecified atom stereocenters. The minimum Gasteiger partial charge on any atom is -0.462 e. The van der Waals surface area contributed by atoms with E-state index in [2.05, 4.69) is 106 Å². The molecular formula is C76H134O6. The number of unbranched alkanes of at least 4 members (excludes halogenated alkanes) is 40. The third-order valence-electron chi connectivity index (χ3n) is 15.6. The summed E-state index contributed by atoms with van der Waals surface area (Å²) in [6.45, 7) is 6.50. The molecule has 0 aliphatic rings. The van der Waals surface area contributed by atoms with Gasteiger partial charge in [-0.2, -0.15) is 0 Å². The van der Waals surface area contributed by atoms with Gasteiger partial charge < -0.3 is 14.2 Å². The monoisotopic (exact) mass is 1140 g/mol. The van der Waals surface area contributed by atoms with E-state index < -0.39 is 6.10 Å². The van der Waals surface area contributed by atoms with Gasteiger partial charge in [0.2, 0.25) is 0 Å². The summed E-state index contributed by atoms with van der Waals surface area (Å²) in [5.74, 6) is -0.871. The summed E-state index contributed by atoms with van der Waals surface area (Å²) in [6, 6.07) is 0. The predicted molar refractivity (Wildman–Crippen MR) is 358 cm³/mol. The fourth-order valence-electron chi connectivity index (χ4n) is 10.3. The van der Waals surface area contributed by atoms with Gasteiger partial charge in [-0.25, -0.2) is 0 Å². The molecule has 0 aliphatic heterocycles. The Bertz CT molecular complexity index is 1550. The average Bonchev–Trinajstić information content (AvgIpc) is 3.48. The van der Waals surface area contributed by atoms with E-state index in [1.165, 1.54) is 218 Å². The first-order valence-electron chi connectivity index (χ1n) is 35.6. The lowest BCUT2D eigenvalue weighted by atomic mass is 10.0. The maximum absolute atomic E-state index is 12.9. The van der Waals surface area contributed by atoms with Crippen molar-refractivity contribution in [3.05, 3.63) is 85.1 Å². The van der Waals surface area contributed by atoms with Crippen LogP contribution in [0.15, 0.2) is 85.1 Å². The molecule has 474 valence electrons. The van der Waals surface area contributed by atoms with Crippen molar-refractivity contribution in [2.75, 3.05) is 13.2 Å². The van der Waals surface area contributed by atoms with Gasteiger partial charge >= 0.3 is 17.9 Å². The second-order valence-electron chi connectivity index (χ2n) is 23.8. The van der Waals surface area contributed by atoms with E-state index in [-0.39, 0.29) is 31.1 Å². The van der Waals surface area contributed by atoms with Crippen molar-refractivity contribution in [3.63, 3.8) is 0 Å². The van der Waals surface area contributed by atoms with Crippen molar-refractivity contribution in [3.8, 4) is 0 Å². The van der Waals surface area contributed by atoms with Crippen molar-refractivity contribution < 1.29 is 28.6 Å². The van der Waals surface area contributed by atoms with Gasteiger partial charge in [0.05, 0.1) is 0 Å². The highest BCUT2D eigenvalue weighted by Gasteiger charge is 2.19. The maximum atomic E-state index is 12.9. The Morgan fingerprint density at radius 1 is 0.256 bits per heavy atom.